The van der Waals surface area contributed by atoms with Gasteiger partial charge in [-0.25, -0.2) is 9.38 Å². The molecule has 3 heterocycles. The summed E-state index contributed by atoms with van der Waals surface area (Å²) in [5, 5.41) is 10.3. The van der Waals surface area contributed by atoms with Crippen molar-refractivity contribution in [1.82, 2.24) is 14.9 Å². The number of benzene rings is 1. The van der Waals surface area contributed by atoms with Crippen LogP contribution in [-0.4, -0.2) is 38.9 Å². The van der Waals surface area contributed by atoms with Crippen LogP contribution in [0, 0.1) is 0 Å². The van der Waals surface area contributed by atoms with E-state index in [0.717, 1.165) is 4.88 Å². The number of aromatic nitrogens is 2. The van der Waals surface area contributed by atoms with Gasteiger partial charge in [0.25, 0.3) is 5.91 Å². The van der Waals surface area contributed by atoms with Crippen LogP contribution in [0.1, 0.15) is 16.8 Å². The van der Waals surface area contributed by atoms with Crippen LogP contribution in [0.3, 0.4) is 0 Å². The number of halogens is 1. The van der Waals surface area contributed by atoms with Crippen LogP contribution in [-0.2, 0) is 17.0 Å². The molecule has 4 rings (SSSR count). The third-order valence-corrected chi connectivity index (χ3v) is 5.53. The molecule has 0 spiro atoms. The number of alkyl halides is 1. The second kappa shape index (κ2) is 6.68. The molecule has 1 aliphatic heterocycles. The fraction of sp³-hybridized carbons (Fsp3) is 0.158. The van der Waals surface area contributed by atoms with E-state index in [1.54, 1.807) is 29.9 Å². The second-order valence-electron chi connectivity index (χ2n) is 6.31. The minimum atomic E-state index is -1.49. The van der Waals surface area contributed by atoms with Gasteiger partial charge in [-0.1, -0.05) is 6.07 Å². The van der Waals surface area contributed by atoms with Gasteiger partial charge in [-0.2, -0.15) is 0 Å². The van der Waals surface area contributed by atoms with Gasteiger partial charge in [0.1, 0.15) is 12.4 Å². The lowest BCUT2D eigenvalue weighted by Gasteiger charge is -2.26. The number of aliphatic imine (C=N–C) groups is 1. The van der Waals surface area contributed by atoms with Crippen molar-refractivity contribution in [1.29, 1.82) is 0 Å². The van der Waals surface area contributed by atoms with E-state index in [2.05, 4.69) is 15.0 Å². The Labute approximate surface area is 164 Å². The zero-order valence-corrected chi connectivity index (χ0v) is 15.7. The number of carbonyl (C=O) groups is 1. The van der Waals surface area contributed by atoms with Crippen molar-refractivity contribution >= 4 is 23.2 Å². The number of hydrogen-bond donors (Lipinski definition) is 2. The highest BCUT2D eigenvalue weighted by molar-refractivity contribution is 7.13. The van der Waals surface area contributed by atoms with Gasteiger partial charge in [0.15, 0.2) is 11.5 Å². The molecule has 1 atom stereocenters. The van der Waals surface area contributed by atoms with Crippen molar-refractivity contribution in [3.05, 3.63) is 65.1 Å². The van der Waals surface area contributed by atoms with Gasteiger partial charge < -0.3 is 10.8 Å². The first-order valence-electron chi connectivity index (χ1n) is 8.34. The highest BCUT2D eigenvalue weighted by Gasteiger charge is 2.49. The molecule has 2 aromatic heterocycles. The molecule has 0 radical (unpaired) electrons. The number of amides is 1. The molecule has 142 valence electrons. The Kier molecular flexibility index (Phi) is 4.31. The predicted molar refractivity (Wildman–Crippen MR) is 103 cm³/mol. The van der Waals surface area contributed by atoms with Gasteiger partial charge in [-0.15, -0.1) is 11.3 Å². The molecule has 1 aliphatic rings. The van der Waals surface area contributed by atoms with Crippen molar-refractivity contribution < 1.29 is 14.3 Å². The number of likely N-dealkylation sites (N-methyl/N-ethyl adjacent to an activating group) is 1. The number of hydrogen-bond acceptors (Lipinski definition) is 7. The molecular formula is C19H16FN5O2S. The smallest absolute Gasteiger partial charge is 0.266 e. The molecule has 1 aromatic carbocycles. The number of nitrogens with zero attached hydrogens (tertiary/aromatic N) is 4. The number of nitrogens with two attached hydrogens (primary N) is 1. The predicted octanol–water partition coefficient (Wildman–Crippen LogP) is 2.41. The maximum Gasteiger partial charge on any atom is 0.266 e. The summed E-state index contributed by atoms with van der Waals surface area (Å²) in [5.74, 6) is -0.268. The summed E-state index contributed by atoms with van der Waals surface area (Å²) < 4.78 is 13.2. The van der Waals surface area contributed by atoms with Gasteiger partial charge in [0, 0.05) is 25.0 Å². The number of carbonyl (C=O) groups excluding carboxylic acids is 1. The Hall–Kier alpha value is -3.33. The molecule has 3 aromatic rings. The highest BCUT2D eigenvalue weighted by Crippen LogP contribution is 2.43. The quantitative estimate of drug-likeness (QED) is 0.703. The van der Waals surface area contributed by atoms with Crippen LogP contribution in [0.5, 0.6) is 5.75 Å². The normalized spacial score (nSPS) is 19.1. The third kappa shape index (κ3) is 2.63. The molecule has 9 heteroatoms. The zero-order chi connectivity index (χ0) is 19.9. The zero-order valence-electron chi connectivity index (χ0n) is 14.8. The summed E-state index contributed by atoms with van der Waals surface area (Å²) in [7, 11) is 1.53. The van der Waals surface area contributed by atoms with Crippen LogP contribution < -0.4 is 5.73 Å². The van der Waals surface area contributed by atoms with Crippen LogP contribution in [0.2, 0.25) is 0 Å². The molecule has 7 nitrogen and oxygen atoms in total. The first-order chi connectivity index (χ1) is 13.5. The van der Waals surface area contributed by atoms with Crippen molar-refractivity contribution in [2.45, 2.75) is 12.2 Å². The third-order valence-electron chi connectivity index (χ3n) is 4.72. The average Bonchev–Trinajstić information content (AvgIpc) is 3.32. The van der Waals surface area contributed by atoms with E-state index < -0.39 is 12.2 Å². The molecule has 0 saturated heterocycles. The molecule has 0 fully saturated rings. The van der Waals surface area contributed by atoms with E-state index in [1.165, 1.54) is 41.6 Å². The van der Waals surface area contributed by atoms with E-state index >= 15 is 0 Å². The Morgan fingerprint density at radius 1 is 1.29 bits per heavy atom. The van der Waals surface area contributed by atoms with Crippen molar-refractivity contribution in [3.8, 4) is 16.2 Å². The van der Waals surface area contributed by atoms with E-state index in [9.17, 15) is 14.3 Å². The molecule has 1 amide bonds. The number of pyridine rings is 1. The Bertz CT molecular complexity index is 1090. The second-order valence-corrected chi connectivity index (χ2v) is 7.20. The fourth-order valence-corrected chi connectivity index (χ4v) is 3.92. The van der Waals surface area contributed by atoms with Gasteiger partial charge in [-0.05, 0) is 35.4 Å². The molecule has 0 bridgehead atoms. The first-order valence-corrected chi connectivity index (χ1v) is 9.22. The lowest BCUT2D eigenvalue weighted by molar-refractivity contribution is -0.129. The number of guanidine groups is 1. The topological polar surface area (TPSA) is 105 Å². The number of thiazole rings is 1. The minimum absolute atomic E-state index is 0.0519. The summed E-state index contributed by atoms with van der Waals surface area (Å²) in [5.41, 5.74) is 7.79. The number of rotatable bonds is 4. The van der Waals surface area contributed by atoms with Gasteiger partial charge >= 0.3 is 0 Å². The van der Waals surface area contributed by atoms with Gasteiger partial charge in [0.2, 0.25) is 0 Å². The molecule has 0 aliphatic carbocycles. The van der Waals surface area contributed by atoms with Crippen molar-refractivity contribution in [2.75, 3.05) is 7.05 Å². The largest absolute Gasteiger partial charge is 0.507 e. The van der Waals surface area contributed by atoms with Gasteiger partial charge in [-0.3, -0.25) is 19.7 Å². The number of aromatic hydroxyl groups is 1. The summed E-state index contributed by atoms with van der Waals surface area (Å²) in [6.07, 6.45) is 3.07. The molecule has 1 unspecified atom stereocenters. The fourth-order valence-electron chi connectivity index (χ4n) is 3.27. The lowest BCUT2D eigenvalue weighted by Crippen LogP contribution is -2.41. The van der Waals surface area contributed by atoms with Crippen LogP contribution in [0.25, 0.3) is 10.4 Å². The Morgan fingerprint density at radius 2 is 2.07 bits per heavy atom. The lowest BCUT2D eigenvalue weighted by atomic mass is 9.82. The maximum absolute atomic E-state index is 13.3. The minimum Gasteiger partial charge on any atom is -0.507 e. The molecule has 3 N–H and O–H groups in total. The SMILES string of the molecule is CN1C(=O)C(c2ccnc(CF)c2)(c2ccc(O)c(-c3cncs3)c2)N=C1N. The molecular weight excluding hydrogens is 381 g/mol. The average molecular weight is 397 g/mol. The van der Waals surface area contributed by atoms with E-state index in [1.807, 2.05) is 0 Å². The van der Waals surface area contributed by atoms with Crippen molar-refractivity contribution in [2.24, 2.45) is 10.7 Å². The van der Waals surface area contributed by atoms with Crippen LogP contribution >= 0.6 is 11.3 Å². The Balaban J connectivity index is 1.98. The highest BCUT2D eigenvalue weighted by atomic mass is 32.1. The van der Waals surface area contributed by atoms with E-state index in [0.29, 0.717) is 16.7 Å². The number of phenols is 1. The molecule has 0 saturated carbocycles. The summed E-state index contributed by atoms with van der Waals surface area (Å²) in [6, 6.07) is 7.93. The molecule has 28 heavy (non-hydrogen) atoms. The van der Waals surface area contributed by atoms with Crippen LogP contribution in [0.15, 0.2) is 53.2 Å². The number of phenolic OH excluding ortho intramolecular Hbond substituents is 1. The van der Waals surface area contributed by atoms with E-state index in [4.69, 9.17) is 5.73 Å². The standard InChI is InChI=1S/C19H16FN5O2S/c1-25-17(27)19(24-18(25)21,12-4-5-23-13(6-12)8-20)11-2-3-15(26)14(7-11)16-9-22-10-28-16/h2-7,9-10,26H,8H2,1H3,(H2,21,24). The first kappa shape index (κ1) is 18.1. The summed E-state index contributed by atoms with van der Waals surface area (Å²) >= 11 is 1.36. The van der Waals surface area contributed by atoms with E-state index in [-0.39, 0.29) is 23.3 Å². The van der Waals surface area contributed by atoms with Gasteiger partial charge in [0.05, 0.1) is 16.1 Å². The van der Waals surface area contributed by atoms with Crippen LogP contribution in [0.4, 0.5) is 4.39 Å². The maximum atomic E-state index is 13.3. The Morgan fingerprint density at radius 3 is 2.71 bits per heavy atom. The monoisotopic (exact) mass is 397 g/mol. The summed E-state index contributed by atoms with van der Waals surface area (Å²) in [6.45, 7) is -0.769. The van der Waals surface area contributed by atoms with Crippen molar-refractivity contribution in [3.63, 3.8) is 0 Å². The summed E-state index contributed by atoms with van der Waals surface area (Å²) in [4.78, 5) is 27.7.